The average molecular weight is 355 g/mol. The number of phenolic OH excluding ortho intramolecular Hbond substituents is 1. The summed E-state index contributed by atoms with van der Waals surface area (Å²) in [5.41, 5.74) is 13.2. The number of nitrogens with zero attached hydrogens (tertiary/aromatic N) is 1. The molecule has 1 amide bonds. The van der Waals surface area contributed by atoms with Gasteiger partial charge in [-0.2, -0.15) is 4.99 Å². The maximum Gasteiger partial charge on any atom is 0.275 e. The molecule has 0 atom stereocenters. The number of carbonyl (C=O) groups is 1. The average Bonchev–Trinajstić information content (AvgIpc) is 2.61. The monoisotopic (exact) mass is 355 g/mol. The standard InChI is InChI=1S/C19H21N3O4/c1-11(18(24)22-19(20)21)8-13-9-16(25-2)17(26-3)10-15(13)12-4-6-14(23)7-5-12/h4-10,23H,1-3H3,(H4,20,21,22,24). The van der Waals surface area contributed by atoms with Crippen LogP contribution in [0.4, 0.5) is 0 Å². The van der Waals surface area contributed by atoms with Crippen LogP contribution in [0.1, 0.15) is 12.5 Å². The topological polar surface area (TPSA) is 120 Å². The molecule has 0 aliphatic carbocycles. The van der Waals surface area contributed by atoms with Crippen LogP contribution in [0.2, 0.25) is 0 Å². The first-order valence-corrected chi connectivity index (χ1v) is 7.73. The quantitative estimate of drug-likeness (QED) is 0.430. The molecule has 7 nitrogen and oxygen atoms in total. The smallest absolute Gasteiger partial charge is 0.275 e. The lowest BCUT2D eigenvalue weighted by molar-refractivity contribution is -0.114. The second-order valence-electron chi connectivity index (χ2n) is 5.51. The summed E-state index contributed by atoms with van der Waals surface area (Å²) >= 11 is 0. The molecule has 0 radical (unpaired) electrons. The lowest BCUT2D eigenvalue weighted by Gasteiger charge is -2.14. The first-order valence-electron chi connectivity index (χ1n) is 7.73. The molecule has 2 aromatic carbocycles. The number of ether oxygens (including phenoxy) is 2. The summed E-state index contributed by atoms with van der Waals surface area (Å²) in [6, 6.07) is 10.2. The Labute approximate surface area is 151 Å². The van der Waals surface area contributed by atoms with E-state index in [0.29, 0.717) is 22.6 Å². The first kappa shape index (κ1) is 18.9. The van der Waals surface area contributed by atoms with Crippen LogP contribution in [-0.2, 0) is 4.79 Å². The van der Waals surface area contributed by atoms with Crippen molar-refractivity contribution < 1.29 is 19.4 Å². The summed E-state index contributed by atoms with van der Waals surface area (Å²) in [7, 11) is 3.07. The third-order valence-corrected chi connectivity index (χ3v) is 3.67. The molecule has 0 heterocycles. The molecule has 0 spiro atoms. The van der Waals surface area contributed by atoms with Crippen LogP contribution < -0.4 is 20.9 Å². The number of guanidine groups is 1. The van der Waals surface area contributed by atoms with Crippen molar-refractivity contribution in [1.29, 1.82) is 0 Å². The van der Waals surface area contributed by atoms with E-state index >= 15 is 0 Å². The van der Waals surface area contributed by atoms with Gasteiger partial charge in [-0.3, -0.25) is 4.79 Å². The van der Waals surface area contributed by atoms with Gasteiger partial charge < -0.3 is 26.0 Å². The second-order valence-corrected chi connectivity index (χ2v) is 5.51. The van der Waals surface area contributed by atoms with Crippen molar-refractivity contribution in [2.24, 2.45) is 16.5 Å². The summed E-state index contributed by atoms with van der Waals surface area (Å²) in [4.78, 5) is 15.6. The Balaban J connectivity index is 2.64. The number of methoxy groups -OCH3 is 2. The predicted molar refractivity (Wildman–Crippen MR) is 101 cm³/mol. The predicted octanol–water partition coefficient (Wildman–Crippen LogP) is 2.28. The molecule has 2 rings (SSSR count). The van der Waals surface area contributed by atoms with Gasteiger partial charge in [0.05, 0.1) is 14.2 Å². The summed E-state index contributed by atoms with van der Waals surface area (Å²) in [5, 5.41) is 9.52. The number of benzene rings is 2. The zero-order chi connectivity index (χ0) is 19.3. The van der Waals surface area contributed by atoms with E-state index in [1.165, 1.54) is 7.11 Å². The number of hydrogen-bond acceptors (Lipinski definition) is 4. The summed E-state index contributed by atoms with van der Waals surface area (Å²) < 4.78 is 10.7. The van der Waals surface area contributed by atoms with Gasteiger partial charge in [-0.15, -0.1) is 0 Å². The lowest BCUT2D eigenvalue weighted by atomic mass is 9.97. The molecular formula is C19H21N3O4. The fourth-order valence-electron chi connectivity index (χ4n) is 2.41. The highest BCUT2D eigenvalue weighted by molar-refractivity contribution is 6.04. The molecule has 136 valence electrons. The van der Waals surface area contributed by atoms with E-state index in [-0.39, 0.29) is 11.7 Å². The minimum Gasteiger partial charge on any atom is -0.508 e. The van der Waals surface area contributed by atoms with Crippen LogP contribution in [0, 0.1) is 0 Å². The van der Waals surface area contributed by atoms with Crippen molar-refractivity contribution >= 4 is 17.9 Å². The molecule has 0 saturated carbocycles. The lowest BCUT2D eigenvalue weighted by Crippen LogP contribution is -2.24. The zero-order valence-corrected chi connectivity index (χ0v) is 14.8. The van der Waals surface area contributed by atoms with Gasteiger partial charge in [-0.1, -0.05) is 12.1 Å². The highest BCUT2D eigenvalue weighted by Gasteiger charge is 2.13. The largest absolute Gasteiger partial charge is 0.508 e. The molecule has 2 aromatic rings. The zero-order valence-electron chi connectivity index (χ0n) is 14.8. The third-order valence-electron chi connectivity index (χ3n) is 3.67. The van der Waals surface area contributed by atoms with E-state index in [2.05, 4.69) is 4.99 Å². The van der Waals surface area contributed by atoms with Crippen LogP contribution in [0.15, 0.2) is 47.0 Å². The van der Waals surface area contributed by atoms with Crippen LogP contribution in [0.3, 0.4) is 0 Å². The van der Waals surface area contributed by atoms with Gasteiger partial charge in [0, 0.05) is 5.57 Å². The number of nitrogens with two attached hydrogens (primary N) is 2. The maximum absolute atomic E-state index is 12.0. The Kier molecular flexibility index (Phi) is 5.85. The number of aliphatic imine (C=N–C) groups is 1. The van der Waals surface area contributed by atoms with Gasteiger partial charge >= 0.3 is 0 Å². The Morgan fingerprint density at radius 2 is 1.65 bits per heavy atom. The van der Waals surface area contributed by atoms with E-state index < -0.39 is 5.91 Å². The van der Waals surface area contributed by atoms with Gasteiger partial charge in [0.1, 0.15) is 5.75 Å². The molecule has 0 aromatic heterocycles. The number of carbonyl (C=O) groups excluding carboxylic acids is 1. The summed E-state index contributed by atoms with van der Waals surface area (Å²) in [6.45, 7) is 1.62. The Hall–Kier alpha value is -3.48. The second kappa shape index (κ2) is 8.06. The van der Waals surface area contributed by atoms with Crippen molar-refractivity contribution in [3.05, 3.63) is 47.5 Å². The van der Waals surface area contributed by atoms with E-state index in [4.69, 9.17) is 20.9 Å². The van der Waals surface area contributed by atoms with E-state index in [1.807, 2.05) is 0 Å². The fourth-order valence-corrected chi connectivity index (χ4v) is 2.41. The van der Waals surface area contributed by atoms with Crippen molar-refractivity contribution in [3.63, 3.8) is 0 Å². The normalized spacial score (nSPS) is 11.0. The van der Waals surface area contributed by atoms with Gasteiger partial charge in [0.2, 0.25) is 0 Å². The van der Waals surface area contributed by atoms with Crippen molar-refractivity contribution in [1.82, 2.24) is 0 Å². The van der Waals surface area contributed by atoms with E-state index in [9.17, 15) is 9.90 Å². The maximum atomic E-state index is 12.0. The molecule has 0 aliphatic rings. The van der Waals surface area contributed by atoms with Crippen molar-refractivity contribution in [3.8, 4) is 28.4 Å². The summed E-state index contributed by atoms with van der Waals surface area (Å²) in [6.07, 6.45) is 1.67. The number of amides is 1. The Bertz CT molecular complexity index is 867. The number of aromatic hydroxyl groups is 1. The summed E-state index contributed by atoms with van der Waals surface area (Å²) in [5.74, 6) is 0.389. The number of hydrogen-bond donors (Lipinski definition) is 3. The molecule has 26 heavy (non-hydrogen) atoms. The molecule has 0 saturated heterocycles. The molecule has 7 heteroatoms. The first-order chi connectivity index (χ1) is 12.3. The minimum absolute atomic E-state index is 0.158. The van der Waals surface area contributed by atoms with Crippen LogP contribution in [-0.4, -0.2) is 31.2 Å². The van der Waals surface area contributed by atoms with Gasteiger partial charge in [-0.05, 0) is 54.0 Å². The van der Waals surface area contributed by atoms with Crippen molar-refractivity contribution in [2.45, 2.75) is 6.92 Å². The van der Waals surface area contributed by atoms with Gasteiger partial charge in [-0.25, -0.2) is 0 Å². The number of phenols is 1. The molecule has 0 unspecified atom stereocenters. The van der Waals surface area contributed by atoms with Crippen molar-refractivity contribution in [2.75, 3.05) is 14.2 Å². The number of rotatable bonds is 5. The van der Waals surface area contributed by atoms with Gasteiger partial charge in [0.15, 0.2) is 17.5 Å². The highest BCUT2D eigenvalue weighted by atomic mass is 16.5. The third kappa shape index (κ3) is 4.32. The van der Waals surface area contributed by atoms with Gasteiger partial charge in [0.25, 0.3) is 5.91 Å². The van der Waals surface area contributed by atoms with E-state index in [1.54, 1.807) is 56.5 Å². The SMILES string of the molecule is COc1cc(C=C(C)C(=O)N=C(N)N)c(-c2ccc(O)cc2)cc1OC. The highest BCUT2D eigenvalue weighted by Crippen LogP contribution is 2.37. The van der Waals surface area contributed by atoms with Crippen LogP contribution in [0.25, 0.3) is 17.2 Å². The fraction of sp³-hybridized carbons (Fsp3) is 0.158. The van der Waals surface area contributed by atoms with Crippen LogP contribution >= 0.6 is 0 Å². The van der Waals surface area contributed by atoms with Crippen LogP contribution in [0.5, 0.6) is 17.2 Å². The van der Waals surface area contributed by atoms with E-state index in [0.717, 1.165) is 11.1 Å². The molecule has 0 aliphatic heterocycles. The minimum atomic E-state index is -0.531. The molecule has 5 N–H and O–H groups in total. The Morgan fingerprint density at radius 1 is 1.08 bits per heavy atom. The molecular weight excluding hydrogens is 334 g/mol. The molecule has 0 fully saturated rings. The Morgan fingerprint density at radius 3 is 2.19 bits per heavy atom. The molecule has 0 bridgehead atoms.